The summed E-state index contributed by atoms with van der Waals surface area (Å²) in [4.78, 5) is 15.1. The fraction of sp³-hybridized carbons (Fsp3) is 0. The van der Waals surface area contributed by atoms with Crippen LogP contribution in [0.15, 0.2) is 35.7 Å². The summed E-state index contributed by atoms with van der Waals surface area (Å²) in [6.07, 6.45) is 0. The lowest BCUT2D eigenvalue weighted by atomic mass is 9.90. The smallest absolute Gasteiger partial charge is 0.237 e. The first kappa shape index (κ1) is 28.5. The average molecular weight is 590 g/mol. The zero-order chi connectivity index (χ0) is 32.0. The van der Waals surface area contributed by atoms with Crippen LogP contribution < -0.4 is 0 Å². The molecule has 0 aliphatic heterocycles. The van der Waals surface area contributed by atoms with Crippen LogP contribution in [0, 0.1) is 89.1 Å². The van der Waals surface area contributed by atoms with E-state index in [0.717, 1.165) is 0 Å². The Morgan fingerprint density at radius 1 is 0.614 bits per heavy atom. The molecule has 2 aliphatic carbocycles. The Morgan fingerprint density at radius 2 is 1.02 bits per heavy atom. The Morgan fingerprint density at radius 3 is 1.43 bits per heavy atom. The molecule has 0 N–H and O–H groups in total. The molecule has 2 aliphatic rings. The van der Waals surface area contributed by atoms with E-state index >= 15 is 8.78 Å². The molecule has 0 saturated carbocycles. The van der Waals surface area contributed by atoms with Crippen LogP contribution in [-0.2, 0) is 0 Å². The lowest BCUT2D eigenvalue weighted by Gasteiger charge is -2.15. The number of nitrogens with zero attached hydrogens (tertiary/aromatic N) is 8. The Labute approximate surface area is 242 Å². The van der Waals surface area contributed by atoms with Crippen molar-refractivity contribution < 1.29 is 26.3 Å². The summed E-state index contributed by atoms with van der Waals surface area (Å²) in [5.74, 6) is -8.70. The molecule has 206 valence electrons. The first-order valence-electron chi connectivity index (χ1n) is 11.6. The van der Waals surface area contributed by atoms with Gasteiger partial charge in [0.2, 0.25) is 29.5 Å². The maximum Gasteiger partial charge on any atom is 0.270 e. The third kappa shape index (κ3) is 3.97. The molecular weight excluding hydrogens is 586 g/mol. The number of halogens is 6. The summed E-state index contributed by atoms with van der Waals surface area (Å²) in [6.45, 7) is 22.7. The number of rotatable bonds is 2. The Balaban J connectivity index is 2.05. The van der Waals surface area contributed by atoms with E-state index in [9.17, 15) is 33.3 Å². The van der Waals surface area contributed by atoms with Crippen molar-refractivity contribution in [1.82, 2.24) is 9.97 Å². The molecule has 0 amide bonds. The van der Waals surface area contributed by atoms with Crippen molar-refractivity contribution >= 4 is 33.6 Å². The molecule has 14 heteroatoms. The largest absolute Gasteiger partial charge is 0.270 e. The van der Waals surface area contributed by atoms with Crippen molar-refractivity contribution in [3.05, 3.63) is 139 Å². The van der Waals surface area contributed by atoms with Crippen molar-refractivity contribution in [3.8, 4) is 18.2 Å². The highest BCUT2D eigenvalue weighted by Gasteiger charge is 2.44. The van der Waals surface area contributed by atoms with Crippen molar-refractivity contribution in [1.29, 1.82) is 15.8 Å². The van der Waals surface area contributed by atoms with Gasteiger partial charge in [0.15, 0.2) is 0 Å². The highest BCUT2D eigenvalue weighted by molar-refractivity contribution is 6.29. The molecule has 0 radical (unpaired) electrons. The third-order valence-corrected chi connectivity index (χ3v) is 6.59. The van der Waals surface area contributed by atoms with E-state index in [-0.39, 0.29) is 0 Å². The van der Waals surface area contributed by atoms with Crippen molar-refractivity contribution in [3.63, 3.8) is 0 Å². The van der Waals surface area contributed by atoms with Gasteiger partial charge in [-0.1, -0.05) is 0 Å². The molecule has 2 heterocycles. The van der Waals surface area contributed by atoms with E-state index in [1.54, 1.807) is 6.07 Å². The predicted molar refractivity (Wildman–Crippen MR) is 139 cm³/mol. The van der Waals surface area contributed by atoms with Gasteiger partial charge in [-0.2, -0.15) is 32.8 Å². The molecule has 0 saturated heterocycles. The van der Waals surface area contributed by atoms with Crippen LogP contribution in [0.4, 0.5) is 26.3 Å². The number of allylic oxidation sites excluding steroid dienone is 7. The lowest BCUT2D eigenvalue weighted by Crippen LogP contribution is -2.05. The van der Waals surface area contributed by atoms with Gasteiger partial charge in [0.05, 0.1) is 37.4 Å². The summed E-state index contributed by atoms with van der Waals surface area (Å²) < 4.78 is 90.2. The minimum Gasteiger partial charge on any atom is -0.237 e. The van der Waals surface area contributed by atoms with Gasteiger partial charge in [0.25, 0.3) is 11.4 Å². The van der Waals surface area contributed by atoms with Gasteiger partial charge >= 0.3 is 0 Å². The van der Waals surface area contributed by atoms with Crippen LogP contribution in [0.2, 0.25) is 0 Å². The van der Waals surface area contributed by atoms with Crippen molar-refractivity contribution in [2.24, 2.45) is 0 Å². The summed E-state index contributed by atoms with van der Waals surface area (Å²) in [5.41, 5.74) is -10.9. The van der Waals surface area contributed by atoms with Crippen LogP contribution in [-0.4, -0.2) is 9.97 Å². The monoisotopic (exact) mass is 590 g/mol. The Hall–Kier alpha value is -7.00. The molecule has 5 rings (SSSR count). The fourth-order valence-electron chi connectivity index (χ4n) is 5.12. The van der Waals surface area contributed by atoms with E-state index in [2.05, 4.69) is 24.5 Å². The van der Waals surface area contributed by atoms with Crippen LogP contribution in [0.3, 0.4) is 0 Å². The van der Waals surface area contributed by atoms with E-state index < -0.39 is 114 Å². The minimum absolute atomic E-state index is 0.517. The molecule has 0 fully saturated rings. The molecule has 0 bridgehead atoms. The number of fused-ring (bicyclic) bond motifs is 2. The molecule has 0 atom stereocenters. The van der Waals surface area contributed by atoms with Crippen LogP contribution in [0.1, 0.15) is 33.4 Å². The number of nitriles is 3. The van der Waals surface area contributed by atoms with E-state index in [0.29, 0.717) is 24.3 Å². The second kappa shape index (κ2) is 10.4. The Kier molecular flexibility index (Phi) is 6.77. The zero-order valence-electron chi connectivity index (χ0n) is 21.2. The van der Waals surface area contributed by atoms with Gasteiger partial charge in [0, 0.05) is 40.0 Å². The molecule has 2 aromatic heterocycles. The quantitative estimate of drug-likeness (QED) is 0.140. The topological polar surface area (TPSA) is 110 Å². The van der Waals surface area contributed by atoms with Gasteiger partial charge in [-0.05, 0) is 40.0 Å². The zero-order valence-corrected chi connectivity index (χ0v) is 21.2. The third-order valence-electron chi connectivity index (χ3n) is 6.59. The lowest BCUT2D eigenvalue weighted by molar-refractivity contribution is 0.511. The number of aromatic nitrogens is 2. The fourth-order valence-corrected chi connectivity index (χ4v) is 5.12. The van der Waals surface area contributed by atoms with Gasteiger partial charge in [-0.15, -0.1) is 0 Å². The predicted octanol–water partition coefficient (Wildman–Crippen LogP) is 6.87. The normalized spacial score (nSPS) is 15.3. The molecular formula is C30H4F6N8. The van der Waals surface area contributed by atoms with E-state index in [4.69, 9.17) is 19.7 Å². The molecule has 0 unspecified atom stereocenters. The van der Waals surface area contributed by atoms with Crippen molar-refractivity contribution in [2.75, 3.05) is 0 Å². The summed E-state index contributed by atoms with van der Waals surface area (Å²) >= 11 is 0. The highest BCUT2D eigenvalue weighted by atomic mass is 19.2. The highest BCUT2D eigenvalue weighted by Crippen LogP contribution is 2.57. The van der Waals surface area contributed by atoms with Gasteiger partial charge in [0.1, 0.15) is 17.7 Å². The SMILES string of the molecule is [C-]#[N+]C1=C(c2cc(F)nc(F)c2)/C(=C(/C#N)[N+]#[C-])c2c(F)c3c(c(F)c21)/C(=C(/C#N)[N+]#[C-])C(c1cc(F)nc(F)c1)=C3C#N. The molecule has 44 heavy (non-hydrogen) atoms. The van der Waals surface area contributed by atoms with Gasteiger partial charge in [-0.3, -0.25) is 0 Å². The first-order chi connectivity index (χ1) is 21.1. The van der Waals surface area contributed by atoms with Gasteiger partial charge in [-0.25, -0.2) is 33.8 Å². The maximum atomic E-state index is 16.8. The van der Waals surface area contributed by atoms with E-state index in [1.165, 1.54) is 12.1 Å². The first-order valence-corrected chi connectivity index (χ1v) is 11.6. The molecule has 0 spiro atoms. The summed E-state index contributed by atoms with van der Waals surface area (Å²) in [5, 5.41) is 29.5. The van der Waals surface area contributed by atoms with Gasteiger partial charge < -0.3 is 0 Å². The molecule has 3 aromatic rings. The second-order valence-corrected chi connectivity index (χ2v) is 8.72. The number of pyridine rings is 2. The number of hydrogen-bond acceptors (Lipinski definition) is 5. The number of benzene rings is 1. The summed E-state index contributed by atoms with van der Waals surface area (Å²) in [6, 6.07) is 6.93. The number of hydrogen-bond donors (Lipinski definition) is 0. The Bertz CT molecular complexity index is 2070. The standard InChI is InChI=1S/C30H4F6N8/c1-40-14(9-38)23-20(11-4-16(31)43-17(32)5-11)13(8-37)22-25(23)29(36)27-26(28(22)35)24(15(10-39)41-2)21(30(27)42-3)12-6-18(33)44-19(34)7-12/h4-7H/b23-14-,24-15+. The minimum atomic E-state index is -1.53. The maximum absolute atomic E-state index is 16.8. The van der Waals surface area contributed by atoms with E-state index in [1.807, 2.05) is 0 Å². The molecule has 1 aromatic carbocycles. The second-order valence-electron chi connectivity index (χ2n) is 8.72. The average Bonchev–Trinajstić information content (AvgIpc) is 3.51. The van der Waals surface area contributed by atoms with Crippen LogP contribution >= 0.6 is 0 Å². The molecule has 8 nitrogen and oxygen atoms in total. The summed E-state index contributed by atoms with van der Waals surface area (Å²) in [7, 11) is 0. The van der Waals surface area contributed by atoms with Crippen LogP contribution in [0.25, 0.3) is 48.1 Å². The van der Waals surface area contributed by atoms with Crippen LogP contribution in [0.5, 0.6) is 0 Å². The van der Waals surface area contributed by atoms with Crippen molar-refractivity contribution in [2.45, 2.75) is 0 Å².